The Bertz CT molecular complexity index is 1720. The molecule has 1 aliphatic heterocycles. The first-order valence-corrected chi connectivity index (χ1v) is 16.0. The molecule has 1 saturated heterocycles. The van der Waals surface area contributed by atoms with Gasteiger partial charge in [-0.15, -0.1) is 0 Å². The number of rotatable bonds is 13. The van der Waals surface area contributed by atoms with Crippen molar-refractivity contribution in [1.29, 1.82) is 5.41 Å². The van der Waals surface area contributed by atoms with Crippen molar-refractivity contribution in [2.45, 2.75) is 44.8 Å². The number of hydrogen-bond acceptors (Lipinski definition) is 8. The summed E-state index contributed by atoms with van der Waals surface area (Å²) in [7, 11) is 1.81. The molecular weight excluding hydrogens is 642 g/mol. The number of benzene rings is 2. The quantitative estimate of drug-likeness (QED) is 0.162. The van der Waals surface area contributed by atoms with E-state index < -0.39 is 18.4 Å². The Morgan fingerprint density at radius 2 is 1.81 bits per heavy atom. The summed E-state index contributed by atoms with van der Waals surface area (Å²) in [6, 6.07) is 15.0. The van der Waals surface area contributed by atoms with Gasteiger partial charge in [0.1, 0.15) is 23.2 Å². The number of piperidine rings is 1. The Morgan fingerprint density at radius 3 is 2.48 bits per heavy atom. The van der Waals surface area contributed by atoms with Gasteiger partial charge in [-0.1, -0.05) is 29.8 Å². The van der Waals surface area contributed by atoms with Crippen LogP contribution in [0.3, 0.4) is 0 Å². The minimum atomic E-state index is -3.09. The van der Waals surface area contributed by atoms with Gasteiger partial charge in [-0.25, -0.2) is 9.97 Å². The summed E-state index contributed by atoms with van der Waals surface area (Å²) in [5, 5.41) is 16.1. The van der Waals surface area contributed by atoms with Gasteiger partial charge in [0.2, 0.25) is 5.91 Å². The summed E-state index contributed by atoms with van der Waals surface area (Å²) in [5.74, 6) is -1.65. The van der Waals surface area contributed by atoms with E-state index in [2.05, 4.69) is 20.2 Å². The molecule has 4 aromatic rings. The standard InChI is InChI=1S/C34H37ClF2N8O3/c1-22(38)29(31-39-14-6-15-40-31)32(46)41-27-21-45(42-30(27)26-20-24(35)10-11-28(26)48-34(36)37)25-12-18-44(19-13-25)17-7-16-43(2)33(47)23-8-4-3-5-9-23/h3-6,8-11,14-15,20-21,25,29,34,38H,7,12-13,16-19H2,1-2H3,(H,41,46). The smallest absolute Gasteiger partial charge is 0.387 e. The fraction of sp³-hybridized carbons (Fsp3) is 0.353. The van der Waals surface area contributed by atoms with Crippen molar-refractivity contribution >= 4 is 34.8 Å². The minimum absolute atomic E-state index is 0.00751. The Morgan fingerprint density at radius 1 is 1.10 bits per heavy atom. The highest BCUT2D eigenvalue weighted by Crippen LogP contribution is 2.38. The Kier molecular flexibility index (Phi) is 11.5. The largest absolute Gasteiger partial charge is 0.434 e. The van der Waals surface area contributed by atoms with Crippen LogP contribution in [-0.4, -0.2) is 86.9 Å². The summed E-state index contributed by atoms with van der Waals surface area (Å²) >= 11 is 6.28. The normalized spacial score (nSPS) is 14.5. The highest BCUT2D eigenvalue weighted by Gasteiger charge is 2.30. The second kappa shape index (κ2) is 15.9. The van der Waals surface area contributed by atoms with Crippen molar-refractivity contribution in [3.63, 3.8) is 0 Å². The van der Waals surface area contributed by atoms with Crippen LogP contribution in [0.1, 0.15) is 54.3 Å². The van der Waals surface area contributed by atoms with E-state index in [1.807, 2.05) is 37.4 Å². The summed E-state index contributed by atoms with van der Waals surface area (Å²) in [6.45, 7) is 1.43. The number of carbonyl (C=O) groups is 2. The molecule has 1 unspecified atom stereocenters. The zero-order chi connectivity index (χ0) is 34.2. The maximum Gasteiger partial charge on any atom is 0.387 e. The predicted molar refractivity (Wildman–Crippen MR) is 179 cm³/mol. The molecule has 0 spiro atoms. The number of aromatic nitrogens is 4. The van der Waals surface area contributed by atoms with Gasteiger partial charge in [-0.2, -0.15) is 13.9 Å². The van der Waals surface area contributed by atoms with Crippen molar-refractivity contribution in [1.82, 2.24) is 29.5 Å². The molecule has 2 N–H and O–H groups in total. The van der Waals surface area contributed by atoms with Gasteiger partial charge in [0.05, 0.1) is 11.7 Å². The number of hydrogen-bond donors (Lipinski definition) is 2. The zero-order valence-corrected chi connectivity index (χ0v) is 27.4. The molecule has 14 heteroatoms. The third-order valence-corrected chi connectivity index (χ3v) is 8.44. The number of carbonyl (C=O) groups excluding carboxylic acids is 2. The molecule has 5 rings (SSSR count). The van der Waals surface area contributed by atoms with Crippen molar-refractivity contribution in [3.8, 4) is 17.0 Å². The highest BCUT2D eigenvalue weighted by molar-refractivity contribution is 6.31. The molecule has 0 bridgehead atoms. The van der Waals surface area contributed by atoms with Gasteiger partial charge < -0.3 is 25.3 Å². The topological polar surface area (TPSA) is 129 Å². The van der Waals surface area contributed by atoms with Crippen LogP contribution < -0.4 is 10.1 Å². The summed E-state index contributed by atoms with van der Waals surface area (Å²) in [6.07, 6.45) is 6.98. The molecule has 11 nitrogen and oxygen atoms in total. The molecule has 2 aromatic carbocycles. The van der Waals surface area contributed by atoms with E-state index in [1.165, 1.54) is 37.5 Å². The summed E-state index contributed by atoms with van der Waals surface area (Å²) < 4.78 is 33.3. The molecule has 1 aliphatic rings. The van der Waals surface area contributed by atoms with Crippen LogP contribution in [0.15, 0.2) is 73.2 Å². The number of anilines is 1. The average Bonchev–Trinajstić information content (AvgIpc) is 3.49. The third kappa shape index (κ3) is 8.58. The van der Waals surface area contributed by atoms with Crippen LogP contribution in [0, 0.1) is 5.41 Å². The number of alkyl halides is 2. The average molecular weight is 679 g/mol. The van der Waals surface area contributed by atoms with E-state index in [0.29, 0.717) is 12.1 Å². The van der Waals surface area contributed by atoms with Gasteiger partial charge >= 0.3 is 6.61 Å². The van der Waals surface area contributed by atoms with E-state index in [-0.39, 0.29) is 51.2 Å². The van der Waals surface area contributed by atoms with E-state index >= 15 is 0 Å². The van der Waals surface area contributed by atoms with Crippen molar-refractivity contribution < 1.29 is 23.1 Å². The van der Waals surface area contributed by atoms with E-state index in [4.69, 9.17) is 26.8 Å². The lowest BCUT2D eigenvalue weighted by atomic mass is 10.0. The number of amides is 2. The summed E-state index contributed by atoms with van der Waals surface area (Å²) in [4.78, 5) is 38.7. The Balaban J connectivity index is 1.31. The first-order chi connectivity index (χ1) is 23.1. The number of halogens is 3. The van der Waals surface area contributed by atoms with E-state index in [9.17, 15) is 18.4 Å². The first-order valence-electron chi connectivity index (χ1n) is 15.6. The fourth-order valence-corrected chi connectivity index (χ4v) is 5.94. The molecule has 0 aliphatic carbocycles. The molecule has 0 radical (unpaired) electrons. The van der Waals surface area contributed by atoms with Crippen molar-refractivity contribution in [2.24, 2.45) is 0 Å². The first kappa shape index (κ1) is 34.6. The molecule has 2 amide bonds. The van der Waals surface area contributed by atoms with Crippen LogP contribution >= 0.6 is 11.6 Å². The molecular formula is C34H37ClF2N8O3. The van der Waals surface area contributed by atoms with Gasteiger partial charge in [-0.05, 0) is 69.1 Å². The molecule has 1 fully saturated rings. The Labute approximate surface area is 282 Å². The highest BCUT2D eigenvalue weighted by atomic mass is 35.5. The molecule has 2 aromatic heterocycles. The van der Waals surface area contributed by atoms with E-state index in [0.717, 1.165) is 38.9 Å². The Hall–Kier alpha value is -4.75. The maximum absolute atomic E-state index is 13.6. The van der Waals surface area contributed by atoms with Gasteiger partial charge in [0, 0.05) is 67.1 Å². The third-order valence-electron chi connectivity index (χ3n) is 8.21. The second-order valence-corrected chi connectivity index (χ2v) is 12.1. The van der Waals surface area contributed by atoms with Gasteiger partial charge in [0.15, 0.2) is 0 Å². The van der Waals surface area contributed by atoms with Crippen LogP contribution in [0.4, 0.5) is 14.5 Å². The molecule has 3 heterocycles. The van der Waals surface area contributed by atoms with Gasteiger partial charge in [0.25, 0.3) is 5.91 Å². The molecule has 0 saturated carbocycles. The van der Waals surface area contributed by atoms with Crippen LogP contribution in [-0.2, 0) is 4.79 Å². The number of nitrogens with one attached hydrogen (secondary N) is 2. The van der Waals surface area contributed by atoms with E-state index in [1.54, 1.807) is 21.8 Å². The molecule has 48 heavy (non-hydrogen) atoms. The van der Waals surface area contributed by atoms with Gasteiger partial charge in [-0.3, -0.25) is 14.3 Å². The lowest BCUT2D eigenvalue weighted by Crippen LogP contribution is -2.37. The summed E-state index contributed by atoms with van der Waals surface area (Å²) in [5.41, 5.74) is 1.32. The zero-order valence-electron chi connectivity index (χ0n) is 26.7. The maximum atomic E-state index is 13.6. The lowest BCUT2D eigenvalue weighted by Gasteiger charge is -2.32. The number of likely N-dealkylation sites (tertiary alicyclic amines) is 1. The fourth-order valence-electron chi connectivity index (χ4n) is 5.77. The second-order valence-electron chi connectivity index (χ2n) is 11.6. The monoisotopic (exact) mass is 678 g/mol. The van der Waals surface area contributed by atoms with Crippen molar-refractivity contribution in [2.75, 3.05) is 38.5 Å². The predicted octanol–water partition coefficient (Wildman–Crippen LogP) is 6.16. The SMILES string of the molecule is CC(=N)C(C(=O)Nc1cn(C2CCN(CCCN(C)C(=O)c3ccccc3)CC2)nc1-c1cc(Cl)ccc1OC(F)F)c1ncccn1. The minimum Gasteiger partial charge on any atom is -0.434 e. The number of nitrogens with zero attached hydrogens (tertiary/aromatic N) is 6. The van der Waals surface area contributed by atoms with Crippen LogP contribution in [0.25, 0.3) is 11.3 Å². The number of ether oxygens (including phenoxy) is 1. The van der Waals surface area contributed by atoms with Crippen LogP contribution in [0.5, 0.6) is 5.75 Å². The molecule has 1 atom stereocenters. The van der Waals surface area contributed by atoms with Crippen LogP contribution in [0.2, 0.25) is 5.02 Å². The molecule has 252 valence electrons. The lowest BCUT2D eigenvalue weighted by molar-refractivity contribution is -0.116. The van der Waals surface area contributed by atoms with Crippen molar-refractivity contribution in [3.05, 3.63) is 89.6 Å².